The van der Waals surface area contributed by atoms with E-state index >= 15 is 0 Å². The Bertz CT molecular complexity index is 409. The van der Waals surface area contributed by atoms with E-state index in [-0.39, 0.29) is 5.97 Å². The highest BCUT2D eigenvalue weighted by Crippen LogP contribution is 2.13. The topological polar surface area (TPSA) is 76.1 Å². The van der Waals surface area contributed by atoms with Crippen LogP contribution in [0.15, 0.2) is 6.20 Å². The summed E-state index contributed by atoms with van der Waals surface area (Å²) < 4.78 is 4.93. The largest absolute Gasteiger partial charge is 0.464 e. The molecule has 0 aromatic carbocycles. The molecule has 1 atom stereocenters. The van der Waals surface area contributed by atoms with Crippen molar-refractivity contribution in [1.29, 1.82) is 0 Å². The molecule has 0 saturated carbocycles. The van der Waals surface area contributed by atoms with Gasteiger partial charge in [0.1, 0.15) is 11.9 Å². The molecule has 1 aromatic rings. The fourth-order valence-electron chi connectivity index (χ4n) is 1.36. The minimum absolute atomic E-state index is 0.291. The summed E-state index contributed by atoms with van der Waals surface area (Å²) in [6.45, 7) is 8.50. The number of anilines is 2. The highest BCUT2D eigenvalue weighted by molar-refractivity contribution is 5.78. The van der Waals surface area contributed by atoms with Gasteiger partial charge in [0.05, 0.1) is 6.61 Å². The number of aryl methyl sites for hydroxylation is 1. The molecule has 0 saturated heterocycles. The van der Waals surface area contributed by atoms with Gasteiger partial charge in [0.15, 0.2) is 0 Å². The molecule has 0 aliphatic rings. The number of ether oxygens (including phenoxy) is 1. The molecule has 0 aliphatic carbocycles. The van der Waals surface area contributed by atoms with Gasteiger partial charge in [-0.3, -0.25) is 0 Å². The smallest absolute Gasteiger partial charge is 0.328 e. The average molecular weight is 252 g/mol. The Morgan fingerprint density at radius 2 is 2.22 bits per heavy atom. The Hall–Kier alpha value is -1.85. The van der Waals surface area contributed by atoms with Crippen molar-refractivity contribution >= 4 is 17.7 Å². The second-order valence-corrected chi connectivity index (χ2v) is 3.87. The predicted molar refractivity (Wildman–Crippen MR) is 70.7 cm³/mol. The van der Waals surface area contributed by atoms with Crippen LogP contribution < -0.4 is 10.6 Å². The maximum atomic E-state index is 11.5. The van der Waals surface area contributed by atoms with Crippen molar-refractivity contribution in [2.24, 2.45) is 0 Å². The van der Waals surface area contributed by atoms with Gasteiger partial charge in [-0.15, -0.1) is 0 Å². The zero-order valence-corrected chi connectivity index (χ0v) is 11.3. The van der Waals surface area contributed by atoms with Crippen molar-refractivity contribution < 1.29 is 9.53 Å². The third-order valence-corrected chi connectivity index (χ3v) is 2.30. The first-order valence-corrected chi connectivity index (χ1v) is 6.09. The highest BCUT2D eigenvalue weighted by atomic mass is 16.5. The van der Waals surface area contributed by atoms with E-state index in [0.29, 0.717) is 18.4 Å². The molecule has 0 aliphatic heterocycles. The zero-order chi connectivity index (χ0) is 13.5. The molecule has 0 fully saturated rings. The summed E-state index contributed by atoms with van der Waals surface area (Å²) in [5.41, 5.74) is 0.882. The first-order valence-electron chi connectivity index (χ1n) is 6.09. The van der Waals surface area contributed by atoms with Crippen molar-refractivity contribution in [3.05, 3.63) is 11.8 Å². The Morgan fingerprint density at radius 3 is 2.83 bits per heavy atom. The summed E-state index contributed by atoms with van der Waals surface area (Å²) >= 11 is 0. The maximum Gasteiger partial charge on any atom is 0.328 e. The van der Waals surface area contributed by atoms with Crippen molar-refractivity contribution in [1.82, 2.24) is 9.97 Å². The molecule has 6 nitrogen and oxygen atoms in total. The molecule has 0 radical (unpaired) electrons. The van der Waals surface area contributed by atoms with Crippen molar-refractivity contribution in [3.8, 4) is 0 Å². The summed E-state index contributed by atoms with van der Waals surface area (Å²) in [5, 5.41) is 6.05. The van der Waals surface area contributed by atoms with Gasteiger partial charge >= 0.3 is 5.97 Å². The van der Waals surface area contributed by atoms with E-state index in [0.717, 1.165) is 12.1 Å². The van der Waals surface area contributed by atoms with E-state index in [9.17, 15) is 4.79 Å². The second-order valence-electron chi connectivity index (χ2n) is 3.87. The molecule has 0 amide bonds. The zero-order valence-electron chi connectivity index (χ0n) is 11.3. The van der Waals surface area contributed by atoms with Crippen LogP contribution in [0.1, 0.15) is 26.3 Å². The first-order chi connectivity index (χ1) is 8.58. The SMILES string of the molecule is CCNc1ncc(C)c(NC(C)C(=O)OCC)n1. The lowest BCUT2D eigenvalue weighted by Crippen LogP contribution is -2.29. The number of aromatic nitrogens is 2. The van der Waals surface area contributed by atoms with Gasteiger partial charge in [0, 0.05) is 18.3 Å². The number of nitrogens with zero attached hydrogens (tertiary/aromatic N) is 2. The van der Waals surface area contributed by atoms with Crippen LogP contribution in [-0.2, 0) is 9.53 Å². The van der Waals surface area contributed by atoms with Crippen LogP contribution in [0.3, 0.4) is 0 Å². The summed E-state index contributed by atoms with van der Waals surface area (Å²) in [5.74, 6) is 0.892. The third kappa shape index (κ3) is 3.87. The van der Waals surface area contributed by atoms with Crippen LogP contribution in [-0.4, -0.2) is 35.1 Å². The van der Waals surface area contributed by atoms with Gasteiger partial charge in [-0.2, -0.15) is 4.98 Å². The number of rotatable bonds is 6. The van der Waals surface area contributed by atoms with Crippen LogP contribution in [0.4, 0.5) is 11.8 Å². The normalized spacial score (nSPS) is 11.8. The van der Waals surface area contributed by atoms with Gasteiger partial charge in [-0.05, 0) is 27.7 Å². The third-order valence-electron chi connectivity index (χ3n) is 2.30. The summed E-state index contributed by atoms with van der Waals surface area (Å²) in [6.07, 6.45) is 1.71. The van der Waals surface area contributed by atoms with Crippen molar-refractivity contribution in [2.75, 3.05) is 23.8 Å². The summed E-state index contributed by atoms with van der Waals surface area (Å²) in [4.78, 5) is 20.0. The molecule has 1 rings (SSSR count). The lowest BCUT2D eigenvalue weighted by Gasteiger charge is -2.15. The van der Waals surface area contributed by atoms with E-state index in [1.54, 1.807) is 20.0 Å². The minimum atomic E-state index is -0.437. The molecule has 2 N–H and O–H groups in total. The van der Waals surface area contributed by atoms with Gasteiger partial charge in [0.2, 0.25) is 5.95 Å². The number of hydrogen-bond acceptors (Lipinski definition) is 6. The van der Waals surface area contributed by atoms with E-state index in [1.165, 1.54) is 0 Å². The number of carbonyl (C=O) groups is 1. The van der Waals surface area contributed by atoms with Crippen LogP contribution in [0.25, 0.3) is 0 Å². The molecule has 100 valence electrons. The number of nitrogens with one attached hydrogen (secondary N) is 2. The molecule has 0 bridgehead atoms. The second kappa shape index (κ2) is 6.78. The fraction of sp³-hybridized carbons (Fsp3) is 0.583. The monoisotopic (exact) mass is 252 g/mol. The summed E-state index contributed by atoms with van der Waals surface area (Å²) in [6, 6.07) is -0.437. The van der Waals surface area contributed by atoms with E-state index < -0.39 is 6.04 Å². The quantitative estimate of drug-likeness (QED) is 0.749. The molecule has 1 aromatic heterocycles. The molecule has 6 heteroatoms. The van der Waals surface area contributed by atoms with E-state index in [4.69, 9.17) is 4.74 Å². The fourth-order valence-corrected chi connectivity index (χ4v) is 1.36. The Labute approximate surface area is 107 Å². The van der Waals surface area contributed by atoms with Gasteiger partial charge in [-0.1, -0.05) is 0 Å². The number of esters is 1. The molecular formula is C12H20N4O2. The first kappa shape index (κ1) is 14.2. The van der Waals surface area contributed by atoms with Crippen LogP contribution in [0.2, 0.25) is 0 Å². The highest BCUT2D eigenvalue weighted by Gasteiger charge is 2.15. The molecule has 0 spiro atoms. The molecule has 1 unspecified atom stereocenters. The summed E-state index contributed by atoms with van der Waals surface area (Å²) in [7, 11) is 0. The van der Waals surface area contributed by atoms with Crippen molar-refractivity contribution in [3.63, 3.8) is 0 Å². The Morgan fingerprint density at radius 1 is 1.50 bits per heavy atom. The van der Waals surface area contributed by atoms with Crippen LogP contribution in [0, 0.1) is 6.92 Å². The predicted octanol–water partition coefficient (Wildman–Crippen LogP) is 1.58. The lowest BCUT2D eigenvalue weighted by molar-refractivity contribution is -0.143. The minimum Gasteiger partial charge on any atom is -0.464 e. The number of carbonyl (C=O) groups excluding carboxylic acids is 1. The standard InChI is InChI=1S/C12H20N4O2/c1-5-13-12-14-7-8(3)10(16-12)15-9(4)11(17)18-6-2/h7,9H,5-6H2,1-4H3,(H2,13,14,15,16). The Kier molecular flexibility index (Phi) is 5.35. The van der Waals surface area contributed by atoms with Gasteiger partial charge in [-0.25, -0.2) is 9.78 Å². The number of hydrogen-bond donors (Lipinski definition) is 2. The lowest BCUT2D eigenvalue weighted by atomic mass is 10.3. The van der Waals surface area contributed by atoms with Gasteiger partial charge in [0.25, 0.3) is 0 Å². The van der Waals surface area contributed by atoms with E-state index in [1.807, 2.05) is 13.8 Å². The molecule has 18 heavy (non-hydrogen) atoms. The average Bonchev–Trinajstić information content (AvgIpc) is 2.34. The van der Waals surface area contributed by atoms with Crippen molar-refractivity contribution in [2.45, 2.75) is 33.7 Å². The Balaban J connectivity index is 2.76. The van der Waals surface area contributed by atoms with E-state index in [2.05, 4.69) is 20.6 Å². The van der Waals surface area contributed by atoms with Gasteiger partial charge < -0.3 is 15.4 Å². The maximum absolute atomic E-state index is 11.5. The van der Waals surface area contributed by atoms with Crippen LogP contribution >= 0.6 is 0 Å². The molecule has 1 heterocycles. The van der Waals surface area contributed by atoms with Crippen LogP contribution in [0.5, 0.6) is 0 Å². The molecular weight excluding hydrogens is 232 g/mol.